The third-order valence-corrected chi connectivity index (χ3v) is 4.18. The van der Waals surface area contributed by atoms with Crippen molar-refractivity contribution < 1.29 is 4.74 Å². The van der Waals surface area contributed by atoms with Gasteiger partial charge in [-0.3, -0.25) is 4.99 Å². The predicted molar refractivity (Wildman–Crippen MR) is 107 cm³/mol. The van der Waals surface area contributed by atoms with Gasteiger partial charge in [0.1, 0.15) is 17.3 Å². The van der Waals surface area contributed by atoms with E-state index in [0.29, 0.717) is 5.02 Å². The fraction of sp³-hybridized carbons (Fsp3) is 0.350. The van der Waals surface area contributed by atoms with Crippen molar-refractivity contribution in [3.05, 3.63) is 65.4 Å². The Morgan fingerprint density at radius 2 is 2.20 bits per heavy atom. The zero-order valence-corrected chi connectivity index (χ0v) is 15.7. The van der Waals surface area contributed by atoms with Gasteiger partial charge in [-0.25, -0.2) is 0 Å². The summed E-state index contributed by atoms with van der Waals surface area (Å²) < 4.78 is 6.10. The number of benzene rings is 1. The molecule has 25 heavy (non-hydrogen) atoms. The minimum Gasteiger partial charge on any atom is -0.457 e. The molecule has 1 aromatic carbocycles. The second-order valence-corrected chi connectivity index (χ2v) is 6.10. The molecule has 0 aromatic heterocycles. The number of halogens is 1. The van der Waals surface area contributed by atoms with Crippen molar-refractivity contribution in [2.75, 3.05) is 33.2 Å². The number of hydrogen-bond donors (Lipinski definition) is 1. The van der Waals surface area contributed by atoms with Crippen LogP contribution >= 0.6 is 11.6 Å². The first-order valence-corrected chi connectivity index (χ1v) is 8.93. The smallest absolute Gasteiger partial charge is 0.138 e. The molecule has 0 aliphatic carbocycles. The van der Waals surface area contributed by atoms with Crippen molar-refractivity contribution in [3.63, 3.8) is 0 Å². The van der Waals surface area contributed by atoms with Crippen LogP contribution in [0, 0.1) is 0 Å². The van der Waals surface area contributed by atoms with Crippen LogP contribution < -0.4 is 10.1 Å². The third-order valence-electron chi connectivity index (χ3n) is 3.94. The summed E-state index contributed by atoms with van der Waals surface area (Å²) in [5.74, 6) is 2.39. The maximum atomic E-state index is 6.26. The number of allylic oxidation sites excluding steroid dienone is 4. The molecule has 5 heteroatoms. The van der Waals surface area contributed by atoms with Crippen LogP contribution in [0.3, 0.4) is 0 Å². The summed E-state index contributed by atoms with van der Waals surface area (Å²) in [4.78, 5) is 6.83. The summed E-state index contributed by atoms with van der Waals surface area (Å²) in [5.41, 5.74) is 0.906. The Kier molecular flexibility index (Phi) is 7.76. The molecular formula is C20H26ClN3O. The average molecular weight is 360 g/mol. The maximum absolute atomic E-state index is 6.26. The third kappa shape index (κ3) is 5.48. The van der Waals surface area contributed by atoms with E-state index in [2.05, 4.69) is 21.8 Å². The zero-order valence-electron chi connectivity index (χ0n) is 15.0. The predicted octanol–water partition coefficient (Wildman–Crippen LogP) is 4.04. The van der Waals surface area contributed by atoms with Gasteiger partial charge in [-0.2, -0.15) is 0 Å². The summed E-state index contributed by atoms with van der Waals surface area (Å²) in [5, 5.41) is 4.08. The molecule has 0 atom stereocenters. The van der Waals surface area contributed by atoms with Gasteiger partial charge in [0, 0.05) is 31.7 Å². The van der Waals surface area contributed by atoms with E-state index in [1.165, 1.54) is 0 Å². The largest absolute Gasteiger partial charge is 0.457 e. The van der Waals surface area contributed by atoms with E-state index in [4.69, 9.17) is 16.3 Å². The van der Waals surface area contributed by atoms with Gasteiger partial charge in [0.2, 0.25) is 0 Å². The van der Waals surface area contributed by atoms with Crippen LogP contribution in [-0.2, 0) is 0 Å². The first-order chi connectivity index (χ1) is 12.2. The fourth-order valence-electron chi connectivity index (χ4n) is 2.73. The van der Waals surface area contributed by atoms with Gasteiger partial charge in [0.25, 0.3) is 0 Å². The molecular weight excluding hydrogens is 334 g/mol. The summed E-state index contributed by atoms with van der Waals surface area (Å²) in [6.45, 7) is 9.47. The van der Waals surface area contributed by atoms with E-state index in [-0.39, 0.29) is 0 Å². The van der Waals surface area contributed by atoms with E-state index in [0.717, 1.165) is 55.5 Å². The van der Waals surface area contributed by atoms with Crippen molar-refractivity contribution in [3.8, 4) is 5.75 Å². The molecule has 0 unspecified atom stereocenters. The zero-order chi connectivity index (χ0) is 18.1. The molecule has 1 aromatic rings. The number of hydrogen-bond acceptors (Lipinski definition) is 3. The quantitative estimate of drug-likeness (QED) is 0.373. The Hall–Kier alpha value is -2.04. The lowest BCUT2D eigenvalue weighted by molar-refractivity contribution is 0.429. The Morgan fingerprint density at radius 3 is 2.92 bits per heavy atom. The molecule has 1 heterocycles. The van der Waals surface area contributed by atoms with Crippen molar-refractivity contribution in [2.45, 2.75) is 13.3 Å². The van der Waals surface area contributed by atoms with Crippen LogP contribution in [0.1, 0.15) is 18.9 Å². The van der Waals surface area contributed by atoms with E-state index < -0.39 is 0 Å². The monoisotopic (exact) mass is 359 g/mol. The van der Waals surface area contributed by atoms with Gasteiger partial charge < -0.3 is 15.0 Å². The molecule has 0 amide bonds. The lowest BCUT2D eigenvalue weighted by Gasteiger charge is -2.25. The van der Waals surface area contributed by atoms with Gasteiger partial charge in [-0.15, -0.1) is 0 Å². The highest BCUT2D eigenvalue weighted by Crippen LogP contribution is 2.27. The molecule has 0 saturated carbocycles. The molecule has 1 aliphatic rings. The summed E-state index contributed by atoms with van der Waals surface area (Å²) >= 11 is 6.26. The standard InChI is InChI=1S/C20H26ClN3O/c1-4-6-8-17(5-2)25-19-10-9-16(21)15-18(19)20(22-3)24-13-7-11-23-12-14-24/h4-6,8-10,15,23H,1,7,11-14H2,2-3H3/b8-6-,17-5+,22-20?. The molecule has 1 saturated heterocycles. The van der Waals surface area contributed by atoms with E-state index in [1.54, 1.807) is 6.08 Å². The van der Waals surface area contributed by atoms with Gasteiger partial charge in [0.05, 0.1) is 5.56 Å². The van der Waals surface area contributed by atoms with Crippen LogP contribution in [0.2, 0.25) is 5.02 Å². The highest BCUT2D eigenvalue weighted by Gasteiger charge is 2.19. The highest BCUT2D eigenvalue weighted by molar-refractivity contribution is 6.31. The number of nitrogens with one attached hydrogen (secondary N) is 1. The molecule has 134 valence electrons. The molecule has 1 fully saturated rings. The molecule has 1 N–H and O–H groups in total. The fourth-order valence-corrected chi connectivity index (χ4v) is 2.91. The van der Waals surface area contributed by atoms with Crippen LogP contribution in [0.5, 0.6) is 5.75 Å². The minimum atomic E-state index is 0.667. The van der Waals surface area contributed by atoms with E-state index in [1.807, 2.05) is 50.4 Å². The van der Waals surface area contributed by atoms with E-state index in [9.17, 15) is 0 Å². The van der Waals surface area contributed by atoms with Crippen LogP contribution in [0.4, 0.5) is 0 Å². The number of rotatable bonds is 5. The minimum absolute atomic E-state index is 0.667. The molecule has 4 nitrogen and oxygen atoms in total. The SMILES string of the molecule is C=C/C=C\C(=C/C)Oc1ccc(Cl)cc1C(=NC)N1CCCNCC1. The Morgan fingerprint density at radius 1 is 1.36 bits per heavy atom. The van der Waals surface area contributed by atoms with Gasteiger partial charge in [-0.05, 0) is 50.2 Å². The highest BCUT2D eigenvalue weighted by atomic mass is 35.5. The second-order valence-electron chi connectivity index (χ2n) is 5.67. The number of amidine groups is 1. The second kappa shape index (κ2) is 10.1. The van der Waals surface area contributed by atoms with Gasteiger partial charge in [-0.1, -0.05) is 30.3 Å². The number of ether oxygens (including phenoxy) is 1. The molecule has 1 aliphatic heterocycles. The summed E-state index contributed by atoms with van der Waals surface area (Å²) in [6.07, 6.45) is 8.44. The first kappa shape index (κ1) is 19.3. The molecule has 0 bridgehead atoms. The first-order valence-electron chi connectivity index (χ1n) is 8.55. The maximum Gasteiger partial charge on any atom is 0.138 e. The number of nitrogens with zero attached hydrogens (tertiary/aromatic N) is 2. The van der Waals surface area contributed by atoms with Crippen molar-refractivity contribution in [1.82, 2.24) is 10.2 Å². The molecule has 0 spiro atoms. The summed E-state index contributed by atoms with van der Waals surface area (Å²) in [6, 6.07) is 5.65. The Bertz CT molecular complexity index is 672. The van der Waals surface area contributed by atoms with Crippen molar-refractivity contribution in [2.24, 2.45) is 4.99 Å². The summed E-state index contributed by atoms with van der Waals surface area (Å²) in [7, 11) is 1.81. The average Bonchev–Trinajstić information content (AvgIpc) is 2.90. The van der Waals surface area contributed by atoms with Crippen LogP contribution in [0.15, 0.2) is 59.8 Å². The van der Waals surface area contributed by atoms with Crippen molar-refractivity contribution >= 4 is 17.4 Å². The Labute approximate surface area is 155 Å². The van der Waals surface area contributed by atoms with Crippen molar-refractivity contribution in [1.29, 1.82) is 0 Å². The van der Waals surface area contributed by atoms with Crippen LogP contribution in [-0.4, -0.2) is 44.0 Å². The lowest BCUT2D eigenvalue weighted by atomic mass is 10.1. The normalized spacial score (nSPS) is 16.8. The number of aliphatic imine (C=N–C) groups is 1. The van der Waals surface area contributed by atoms with Gasteiger partial charge in [0.15, 0.2) is 0 Å². The lowest BCUT2D eigenvalue weighted by Crippen LogP contribution is -2.35. The van der Waals surface area contributed by atoms with E-state index >= 15 is 0 Å². The topological polar surface area (TPSA) is 36.9 Å². The molecule has 2 rings (SSSR count). The Balaban J connectivity index is 2.36. The molecule has 0 radical (unpaired) electrons. The van der Waals surface area contributed by atoms with Gasteiger partial charge >= 0.3 is 0 Å². The van der Waals surface area contributed by atoms with Crippen LogP contribution in [0.25, 0.3) is 0 Å².